The van der Waals surface area contributed by atoms with E-state index < -0.39 is 0 Å². The molecule has 0 aliphatic carbocycles. The lowest BCUT2D eigenvalue weighted by molar-refractivity contribution is 0.102. The van der Waals surface area contributed by atoms with Gasteiger partial charge in [-0.2, -0.15) is 0 Å². The Kier molecular flexibility index (Phi) is 3.34. The molecule has 1 amide bonds. The molecule has 0 unspecified atom stereocenters. The minimum Gasteiger partial charge on any atom is -0.321 e. The number of nitrogens with zero attached hydrogens (tertiary/aromatic N) is 2. The molecule has 100 valence electrons. The minimum atomic E-state index is -0.299. The standard InChI is InChI=1S/C14H9Cl2N3O/c15-10-5-4-9(7-11(10)16)17-14(20)12-8-19-6-2-1-3-13(19)18-12/h1-8H,(H,17,20). The molecular formula is C14H9Cl2N3O. The van der Waals surface area contributed by atoms with Crippen molar-refractivity contribution in [3.8, 4) is 0 Å². The number of hydrogen-bond donors (Lipinski definition) is 1. The molecule has 0 fully saturated rings. The second kappa shape index (κ2) is 5.15. The highest BCUT2D eigenvalue weighted by atomic mass is 35.5. The maximum atomic E-state index is 12.1. The number of rotatable bonds is 2. The largest absolute Gasteiger partial charge is 0.321 e. The lowest BCUT2D eigenvalue weighted by Gasteiger charge is -2.04. The van der Waals surface area contributed by atoms with Gasteiger partial charge in [-0.05, 0) is 30.3 Å². The molecule has 0 aliphatic heterocycles. The van der Waals surface area contributed by atoms with Gasteiger partial charge in [0.15, 0.2) is 0 Å². The first kappa shape index (κ1) is 13.0. The van der Waals surface area contributed by atoms with Gasteiger partial charge in [0.25, 0.3) is 5.91 Å². The Morgan fingerprint density at radius 1 is 1.15 bits per heavy atom. The molecule has 0 spiro atoms. The van der Waals surface area contributed by atoms with Crippen molar-refractivity contribution >= 4 is 40.4 Å². The van der Waals surface area contributed by atoms with E-state index in [9.17, 15) is 4.79 Å². The normalized spacial score (nSPS) is 10.7. The number of amides is 1. The van der Waals surface area contributed by atoms with Crippen LogP contribution in [-0.4, -0.2) is 15.3 Å². The van der Waals surface area contributed by atoms with Crippen LogP contribution >= 0.6 is 23.2 Å². The van der Waals surface area contributed by atoms with Gasteiger partial charge in [-0.15, -0.1) is 0 Å². The first-order chi connectivity index (χ1) is 9.63. The fourth-order valence-electron chi connectivity index (χ4n) is 1.81. The van der Waals surface area contributed by atoms with Crippen molar-refractivity contribution in [1.82, 2.24) is 9.38 Å². The molecule has 0 bridgehead atoms. The Labute approximate surface area is 125 Å². The van der Waals surface area contributed by atoms with Gasteiger partial charge in [0.1, 0.15) is 11.3 Å². The van der Waals surface area contributed by atoms with Crippen molar-refractivity contribution < 1.29 is 4.79 Å². The molecule has 1 aromatic carbocycles. The molecular weight excluding hydrogens is 297 g/mol. The Balaban J connectivity index is 1.86. The van der Waals surface area contributed by atoms with Gasteiger partial charge in [0, 0.05) is 18.1 Å². The molecule has 3 rings (SSSR count). The van der Waals surface area contributed by atoms with E-state index in [0.717, 1.165) is 0 Å². The molecule has 6 heteroatoms. The van der Waals surface area contributed by atoms with Gasteiger partial charge in [0.05, 0.1) is 10.0 Å². The van der Waals surface area contributed by atoms with Gasteiger partial charge in [-0.1, -0.05) is 29.3 Å². The summed E-state index contributed by atoms with van der Waals surface area (Å²) in [4.78, 5) is 16.4. The molecule has 3 aromatic rings. The molecule has 0 radical (unpaired) electrons. The highest BCUT2D eigenvalue weighted by Gasteiger charge is 2.11. The van der Waals surface area contributed by atoms with Crippen LogP contribution in [0.5, 0.6) is 0 Å². The SMILES string of the molecule is O=C(Nc1ccc(Cl)c(Cl)c1)c1cn2ccccc2n1. The van der Waals surface area contributed by atoms with Crippen molar-refractivity contribution in [3.63, 3.8) is 0 Å². The summed E-state index contributed by atoms with van der Waals surface area (Å²) in [5, 5.41) is 3.56. The average molecular weight is 306 g/mol. The topological polar surface area (TPSA) is 46.4 Å². The van der Waals surface area contributed by atoms with Crippen LogP contribution in [0.1, 0.15) is 10.5 Å². The van der Waals surface area contributed by atoms with Crippen molar-refractivity contribution in [2.75, 3.05) is 5.32 Å². The smallest absolute Gasteiger partial charge is 0.275 e. The van der Waals surface area contributed by atoms with Crippen LogP contribution in [0.3, 0.4) is 0 Å². The van der Waals surface area contributed by atoms with Gasteiger partial charge in [-0.3, -0.25) is 4.79 Å². The Morgan fingerprint density at radius 3 is 2.75 bits per heavy atom. The molecule has 0 aliphatic rings. The molecule has 20 heavy (non-hydrogen) atoms. The Bertz CT molecular complexity index is 765. The number of aromatic nitrogens is 2. The first-order valence-corrected chi connectivity index (χ1v) is 6.59. The van der Waals surface area contributed by atoms with E-state index in [1.54, 1.807) is 28.8 Å². The number of fused-ring (bicyclic) bond motifs is 1. The van der Waals surface area contributed by atoms with Crippen LogP contribution < -0.4 is 5.32 Å². The number of halogens is 2. The zero-order chi connectivity index (χ0) is 14.1. The summed E-state index contributed by atoms with van der Waals surface area (Å²) < 4.78 is 1.78. The van der Waals surface area contributed by atoms with Crippen molar-refractivity contribution in [2.24, 2.45) is 0 Å². The number of carbonyl (C=O) groups is 1. The molecule has 1 N–H and O–H groups in total. The van der Waals surface area contributed by atoms with Crippen molar-refractivity contribution in [2.45, 2.75) is 0 Å². The number of benzene rings is 1. The predicted octanol–water partition coefficient (Wildman–Crippen LogP) is 3.89. The number of imidazole rings is 1. The van der Waals surface area contributed by atoms with E-state index in [1.165, 1.54) is 0 Å². The van der Waals surface area contributed by atoms with Crippen molar-refractivity contribution in [1.29, 1.82) is 0 Å². The third kappa shape index (κ3) is 2.48. The summed E-state index contributed by atoms with van der Waals surface area (Å²) in [5.41, 5.74) is 1.62. The van der Waals surface area contributed by atoms with Crippen LogP contribution in [0, 0.1) is 0 Å². The van der Waals surface area contributed by atoms with E-state index in [2.05, 4.69) is 10.3 Å². The maximum absolute atomic E-state index is 12.1. The number of carbonyl (C=O) groups excluding carboxylic acids is 1. The van der Waals surface area contributed by atoms with Crippen LogP contribution in [0.4, 0.5) is 5.69 Å². The summed E-state index contributed by atoms with van der Waals surface area (Å²) in [7, 11) is 0. The molecule has 0 saturated carbocycles. The fourth-order valence-corrected chi connectivity index (χ4v) is 2.11. The van der Waals surface area contributed by atoms with Gasteiger partial charge in [0.2, 0.25) is 0 Å². The summed E-state index contributed by atoms with van der Waals surface area (Å²) in [6.45, 7) is 0. The maximum Gasteiger partial charge on any atom is 0.275 e. The van der Waals surface area contributed by atoms with Crippen LogP contribution in [0.15, 0.2) is 48.8 Å². The second-order valence-corrected chi connectivity index (χ2v) is 4.99. The van der Waals surface area contributed by atoms with Gasteiger partial charge in [-0.25, -0.2) is 4.98 Å². The van der Waals surface area contributed by atoms with E-state index in [4.69, 9.17) is 23.2 Å². The third-order valence-electron chi connectivity index (χ3n) is 2.77. The number of nitrogens with one attached hydrogen (secondary N) is 1. The lowest BCUT2D eigenvalue weighted by Crippen LogP contribution is -2.12. The molecule has 2 heterocycles. The van der Waals surface area contributed by atoms with E-state index >= 15 is 0 Å². The zero-order valence-electron chi connectivity index (χ0n) is 10.2. The molecule has 4 nitrogen and oxygen atoms in total. The average Bonchev–Trinajstić information content (AvgIpc) is 2.87. The number of hydrogen-bond acceptors (Lipinski definition) is 2. The number of anilines is 1. The highest BCUT2D eigenvalue weighted by molar-refractivity contribution is 6.42. The summed E-state index contributed by atoms with van der Waals surface area (Å²) >= 11 is 11.7. The third-order valence-corrected chi connectivity index (χ3v) is 3.51. The Morgan fingerprint density at radius 2 is 2.00 bits per heavy atom. The number of pyridine rings is 1. The van der Waals surface area contributed by atoms with E-state index in [0.29, 0.717) is 27.1 Å². The molecule has 0 atom stereocenters. The zero-order valence-corrected chi connectivity index (χ0v) is 11.7. The summed E-state index contributed by atoms with van der Waals surface area (Å²) in [6.07, 6.45) is 3.50. The second-order valence-electron chi connectivity index (χ2n) is 4.18. The van der Waals surface area contributed by atoms with Crippen LogP contribution in [-0.2, 0) is 0 Å². The monoisotopic (exact) mass is 305 g/mol. The fraction of sp³-hybridized carbons (Fsp3) is 0. The minimum absolute atomic E-state index is 0.299. The molecule has 2 aromatic heterocycles. The summed E-state index contributed by atoms with van der Waals surface area (Å²) in [5.74, 6) is -0.299. The first-order valence-electron chi connectivity index (χ1n) is 5.83. The predicted molar refractivity (Wildman–Crippen MR) is 79.6 cm³/mol. The van der Waals surface area contributed by atoms with Crippen LogP contribution in [0.2, 0.25) is 10.0 Å². The van der Waals surface area contributed by atoms with E-state index in [-0.39, 0.29) is 5.91 Å². The van der Waals surface area contributed by atoms with E-state index in [1.807, 2.05) is 24.4 Å². The van der Waals surface area contributed by atoms with Gasteiger partial charge >= 0.3 is 0 Å². The van der Waals surface area contributed by atoms with Crippen molar-refractivity contribution in [3.05, 3.63) is 64.5 Å². The Hall–Kier alpha value is -2.04. The van der Waals surface area contributed by atoms with Gasteiger partial charge < -0.3 is 9.72 Å². The highest BCUT2D eigenvalue weighted by Crippen LogP contribution is 2.25. The quantitative estimate of drug-likeness (QED) is 0.780. The lowest BCUT2D eigenvalue weighted by atomic mass is 10.3. The molecule has 0 saturated heterocycles. The van der Waals surface area contributed by atoms with Crippen LogP contribution in [0.25, 0.3) is 5.65 Å². The summed E-state index contributed by atoms with van der Waals surface area (Å²) in [6, 6.07) is 10.5.